The second kappa shape index (κ2) is 8.36. The molecule has 0 atom stereocenters. The number of para-hydroxylation sites is 1. The molecule has 0 aliphatic carbocycles. The normalized spacial score (nSPS) is 10.0. The van der Waals surface area contributed by atoms with Gasteiger partial charge in [0.1, 0.15) is 0 Å². The standard InChI is InChI=1S/C14H15N5OS2/c1-19(9-5-8-15)12(20)10-21-14-18-17-13(22-14)16-11-6-3-2-4-7-11/h2-4,6-7H,5,9-10H2,1H3,(H,16,17). The Kier molecular flexibility index (Phi) is 6.18. The summed E-state index contributed by atoms with van der Waals surface area (Å²) >= 11 is 2.76. The van der Waals surface area contributed by atoms with Gasteiger partial charge in [0.2, 0.25) is 11.0 Å². The van der Waals surface area contributed by atoms with Crippen molar-refractivity contribution in [3.63, 3.8) is 0 Å². The van der Waals surface area contributed by atoms with E-state index in [0.29, 0.717) is 23.8 Å². The third-order valence-electron chi connectivity index (χ3n) is 2.74. The highest BCUT2D eigenvalue weighted by Crippen LogP contribution is 2.27. The van der Waals surface area contributed by atoms with Gasteiger partial charge in [0.05, 0.1) is 18.2 Å². The number of amides is 1. The molecular formula is C14H15N5OS2. The van der Waals surface area contributed by atoms with Gasteiger partial charge < -0.3 is 10.2 Å². The van der Waals surface area contributed by atoms with Gasteiger partial charge in [-0.25, -0.2) is 0 Å². The van der Waals surface area contributed by atoms with Crippen LogP contribution in [-0.2, 0) is 4.79 Å². The molecule has 0 saturated heterocycles. The Morgan fingerprint density at radius 1 is 1.41 bits per heavy atom. The first-order valence-corrected chi connectivity index (χ1v) is 8.38. The summed E-state index contributed by atoms with van der Waals surface area (Å²) in [7, 11) is 1.70. The monoisotopic (exact) mass is 333 g/mol. The van der Waals surface area contributed by atoms with Gasteiger partial charge in [-0.05, 0) is 12.1 Å². The fourth-order valence-corrected chi connectivity index (χ4v) is 3.25. The average molecular weight is 333 g/mol. The number of nitrogens with zero attached hydrogens (tertiary/aromatic N) is 4. The molecule has 114 valence electrons. The van der Waals surface area contributed by atoms with Crippen molar-refractivity contribution in [2.75, 3.05) is 24.7 Å². The predicted octanol–water partition coefficient (Wildman–Crippen LogP) is 2.75. The highest BCUT2D eigenvalue weighted by molar-refractivity contribution is 8.01. The van der Waals surface area contributed by atoms with Crippen LogP contribution in [0.4, 0.5) is 10.8 Å². The second-order valence-electron chi connectivity index (χ2n) is 4.38. The topological polar surface area (TPSA) is 81.9 Å². The molecule has 1 amide bonds. The third-order valence-corrected chi connectivity index (χ3v) is 4.69. The Hall–Kier alpha value is -2.11. The molecule has 0 radical (unpaired) electrons. The smallest absolute Gasteiger partial charge is 0.232 e. The molecule has 1 heterocycles. The molecule has 0 unspecified atom stereocenters. The fraction of sp³-hybridized carbons (Fsp3) is 0.286. The first-order valence-electron chi connectivity index (χ1n) is 6.58. The third kappa shape index (κ3) is 5.02. The van der Waals surface area contributed by atoms with E-state index in [1.165, 1.54) is 23.1 Å². The lowest BCUT2D eigenvalue weighted by atomic mass is 10.3. The molecule has 0 bridgehead atoms. The second-order valence-corrected chi connectivity index (χ2v) is 6.58. The van der Waals surface area contributed by atoms with E-state index in [4.69, 9.17) is 5.26 Å². The molecule has 1 aromatic carbocycles. The van der Waals surface area contributed by atoms with Crippen LogP contribution in [0.1, 0.15) is 6.42 Å². The molecule has 0 aliphatic rings. The van der Waals surface area contributed by atoms with E-state index in [2.05, 4.69) is 15.5 Å². The predicted molar refractivity (Wildman–Crippen MR) is 88.2 cm³/mol. The van der Waals surface area contributed by atoms with E-state index in [1.54, 1.807) is 11.9 Å². The maximum absolute atomic E-state index is 11.9. The fourth-order valence-electron chi connectivity index (χ4n) is 1.54. The average Bonchev–Trinajstić information content (AvgIpc) is 2.98. The number of hydrogen-bond donors (Lipinski definition) is 1. The van der Waals surface area contributed by atoms with Crippen molar-refractivity contribution in [1.29, 1.82) is 5.26 Å². The Labute approximate surface area is 137 Å². The van der Waals surface area contributed by atoms with Gasteiger partial charge in [0, 0.05) is 19.3 Å². The summed E-state index contributed by atoms with van der Waals surface area (Å²) in [6.07, 6.45) is 0.344. The number of hydrogen-bond acceptors (Lipinski definition) is 7. The molecule has 1 N–H and O–H groups in total. The zero-order chi connectivity index (χ0) is 15.8. The van der Waals surface area contributed by atoms with Crippen LogP contribution in [0.15, 0.2) is 34.7 Å². The van der Waals surface area contributed by atoms with Crippen molar-refractivity contribution < 1.29 is 4.79 Å². The summed E-state index contributed by atoms with van der Waals surface area (Å²) in [5.41, 5.74) is 0.947. The van der Waals surface area contributed by atoms with Gasteiger partial charge >= 0.3 is 0 Å². The van der Waals surface area contributed by atoms with Gasteiger partial charge in [-0.1, -0.05) is 41.3 Å². The summed E-state index contributed by atoms with van der Waals surface area (Å²) < 4.78 is 0.737. The molecule has 0 spiro atoms. The highest BCUT2D eigenvalue weighted by Gasteiger charge is 2.11. The van der Waals surface area contributed by atoms with Crippen LogP contribution in [0.25, 0.3) is 0 Å². The Bertz CT molecular complexity index is 653. The molecular weight excluding hydrogens is 318 g/mol. The summed E-state index contributed by atoms with van der Waals surface area (Å²) in [4.78, 5) is 13.4. The van der Waals surface area contributed by atoms with E-state index < -0.39 is 0 Å². The van der Waals surface area contributed by atoms with Crippen LogP contribution in [-0.4, -0.2) is 40.3 Å². The first-order chi connectivity index (χ1) is 10.7. The number of carbonyl (C=O) groups is 1. The van der Waals surface area contributed by atoms with Gasteiger partial charge in [0.15, 0.2) is 4.34 Å². The highest BCUT2D eigenvalue weighted by atomic mass is 32.2. The number of nitrogens with one attached hydrogen (secondary N) is 1. The minimum atomic E-state index is -0.0204. The molecule has 6 nitrogen and oxygen atoms in total. The van der Waals surface area contributed by atoms with Crippen molar-refractivity contribution in [3.05, 3.63) is 30.3 Å². The number of benzene rings is 1. The van der Waals surface area contributed by atoms with Crippen LogP contribution >= 0.6 is 23.1 Å². The number of nitriles is 1. The lowest BCUT2D eigenvalue weighted by Gasteiger charge is -2.14. The number of aromatic nitrogens is 2. The summed E-state index contributed by atoms with van der Waals surface area (Å²) in [5.74, 6) is 0.273. The van der Waals surface area contributed by atoms with Crippen molar-refractivity contribution in [3.8, 4) is 6.07 Å². The number of carbonyl (C=O) groups excluding carboxylic acids is 1. The number of anilines is 2. The first kappa shape index (κ1) is 16.3. The van der Waals surface area contributed by atoms with Crippen LogP contribution in [0.2, 0.25) is 0 Å². The molecule has 1 aromatic heterocycles. The largest absolute Gasteiger partial charge is 0.344 e. The molecule has 8 heteroatoms. The van der Waals surface area contributed by atoms with Gasteiger partial charge in [-0.15, -0.1) is 10.2 Å². The van der Waals surface area contributed by atoms with Gasteiger partial charge in [-0.3, -0.25) is 4.79 Å². The van der Waals surface area contributed by atoms with E-state index >= 15 is 0 Å². The molecule has 0 saturated carbocycles. The summed E-state index contributed by atoms with van der Waals surface area (Å²) in [6, 6.07) is 11.7. The lowest BCUT2D eigenvalue weighted by Crippen LogP contribution is -2.29. The maximum Gasteiger partial charge on any atom is 0.232 e. The van der Waals surface area contributed by atoms with Crippen molar-refractivity contribution in [2.24, 2.45) is 0 Å². The minimum Gasteiger partial charge on any atom is -0.344 e. The Balaban J connectivity index is 1.82. The van der Waals surface area contributed by atoms with E-state index in [0.717, 1.165) is 10.0 Å². The van der Waals surface area contributed by atoms with E-state index in [1.807, 2.05) is 36.4 Å². The van der Waals surface area contributed by atoms with Crippen molar-refractivity contribution in [2.45, 2.75) is 10.8 Å². The van der Waals surface area contributed by atoms with Crippen molar-refractivity contribution in [1.82, 2.24) is 15.1 Å². The Morgan fingerprint density at radius 2 is 2.18 bits per heavy atom. The quantitative estimate of drug-likeness (QED) is 0.785. The molecule has 0 aliphatic heterocycles. The zero-order valence-corrected chi connectivity index (χ0v) is 13.7. The van der Waals surface area contributed by atoms with E-state index in [9.17, 15) is 4.79 Å². The SMILES string of the molecule is CN(CCC#N)C(=O)CSc1nnc(Nc2ccccc2)s1. The molecule has 2 rings (SSSR count). The molecule has 0 fully saturated rings. The van der Waals surface area contributed by atoms with Crippen LogP contribution in [0, 0.1) is 11.3 Å². The summed E-state index contributed by atoms with van der Waals surface area (Å²) in [6.45, 7) is 0.451. The van der Waals surface area contributed by atoms with Gasteiger partial charge in [0.25, 0.3) is 0 Å². The zero-order valence-electron chi connectivity index (χ0n) is 12.0. The minimum absolute atomic E-state index is 0.0204. The van der Waals surface area contributed by atoms with Crippen LogP contribution < -0.4 is 5.32 Å². The molecule has 22 heavy (non-hydrogen) atoms. The maximum atomic E-state index is 11.9. The van der Waals surface area contributed by atoms with Gasteiger partial charge in [-0.2, -0.15) is 5.26 Å². The number of rotatable bonds is 7. The van der Waals surface area contributed by atoms with Crippen molar-refractivity contribution >= 4 is 39.8 Å². The lowest BCUT2D eigenvalue weighted by molar-refractivity contribution is -0.127. The van der Waals surface area contributed by atoms with Crippen LogP contribution in [0.3, 0.4) is 0 Å². The van der Waals surface area contributed by atoms with E-state index in [-0.39, 0.29) is 5.91 Å². The number of thioether (sulfide) groups is 1. The Morgan fingerprint density at radius 3 is 2.91 bits per heavy atom. The summed E-state index contributed by atoms with van der Waals surface area (Å²) in [5, 5.41) is 20.5. The molecule has 2 aromatic rings. The van der Waals surface area contributed by atoms with Crippen LogP contribution in [0.5, 0.6) is 0 Å².